The van der Waals surface area contributed by atoms with Crippen molar-refractivity contribution in [2.24, 2.45) is 0 Å². The zero-order valence-electron chi connectivity index (χ0n) is 16.5. The normalized spacial score (nSPS) is 11.5. The molecule has 0 radical (unpaired) electrons. The average molecular weight is 383 g/mol. The summed E-state index contributed by atoms with van der Waals surface area (Å²) in [7, 11) is 0. The van der Waals surface area contributed by atoms with Gasteiger partial charge >= 0.3 is 0 Å². The number of hydrogen-bond acceptors (Lipinski definition) is 2. The van der Waals surface area contributed by atoms with Crippen molar-refractivity contribution in [2.45, 2.75) is 24.8 Å². The Morgan fingerprint density at radius 1 is 0.690 bits per heavy atom. The van der Waals surface area contributed by atoms with Crippen molar-refractivity contribution in [3.05, 3.63) is 126 Å². The average Bonchev–Trinajstić information content (AvgIpc) is 3.26. The molecule has 146 valence electrons. The molecule has 3 nitrogen and oxygen atoms in total. The van der Waals surface area contributed by atoms with Crippen molar-refractivity contribution < 1.29 is 5.11 Å². The molecule has 1 heterocycles. The van der Waals surface area contributed by atoms with E-state index in [2.05, 4.69) is 102 Å². The largest absolute Gasteiger partial charge is 0.396 e. The van der Waals surface area contributed by atoms with E-state index in [1.165, 1.54) is 16.7 Å². The van der Waals surface area contributed by atoms with E-state index in [0.717, 1.165) is 25.0 Å². The van der Waals surface area contributed by atoms with Crippen molar-refractivity contribution in [3.63, 3.8) is 0 Å². The monoisotopic (exact) mass is 382 g/mol. The van der Waals surface area contributed by atoms with Crippen molar-refractivity contribution >= 4 is 0 Å². The molecular weight excluding hydrogens is 356 g/mol. The van der Waals surface area contributed by atoms with Crippen LogP contribution in [-0.2, 0) is 12.0 Å². The van der Waals surface area contributed by atoms with Gasteiger partial charge in [0.05, 0.1) is 12.0 Å². The molecule has 0 spiro atoms. The van der Waals surface area contributed by atoms with E-state index in [4.69, 9.17) is 10.1 Å². The molecule has 0 unspecified atom stereocenters. The molecule has 0 amide bonds. The highest BCUT2D eigenvalue weighted by atomic mass is 16.2. The van der Waals surface area contributed by atoms with Gasteiger partial charge in [0, 0.05) is 12.8 Å². The van der Waals surface area contributed by atoms with E-state index in [9.17, 15) is 0 Å². The van der Waals surface area contributed by atoms with Crippen LogP contribution >= 0.6 is 0 Å². The fourth-order valence-electron chi connectivity index (χ4n) is 4.08. The third-order valence-corrected chi connectivity index (χ3v) is 5.44. The summed E-state index contributed by atoms with van der Waals surface area (Å²) in [6.45, 7) is 0.225. The number of hydrogen-bond donors (Lipinski definition) is 1. The highest BCUT2D eigenvalue weighted by Gasteiger charge is 2.38. The van der Waals surface area contributed by atoms with Crippen LogP contribution in [0.15, 0.2) is 104 Å². The zero-order valence-corrected chi connectivity index (χ0v) is 16.5. The first-order chi connectivity index (χ1) is 14.4. The summed E-state index contributed by atoms with van der Waals surface area (Å²) in [6, 6.07) is 31.8. The Kier molecular flexibility index (Phi) is 5.87. The van der Waals surface area contributed by atoms with Crippen molar-refractivity contribution in [3.8, 4) is 0 Å². The number of unbranched alkanes of at least 4 members (excludes halogenated alkanes) is 1. The maximum atomic E-state index is 9.10. The number of aromatic nitrogens is 2. The van der Waals surface area contributed by atoms with Gasteiger partial charge in [-0.05, 0) is 36.0 Å². The molecular formula is C26H26N2O. The first-order valence-electron chi connectivity index (χ1n) is 10.2. The Hall–Kier alpha value is -3.17. The van der Waals surface area contributed by atoms with Gasteiger partial charge in [-0.2, -0.15) is 0 Å². The lowest BCUT2D eigenvalue weighted by molar-refractivity contribution is 0.284. The van der Waals surface area contributed by atoms with E-state index >= 15 is 0 Å². The van der Waals surface area contributed by atoms with Crippen LogP contribution in [0.1, 0.15) is 35.2 Å². The summed E-state index contributed by atoms with van der Waals surface area (Å²) < 4.78 is 2.24. The molecule has 1 aromatic heterocycles. The lowest BCUT2D eigenvalue weighted by Gasteiger charge is -2.37. The zero-order chi connectivity index (χ0) is 19.9. The maximum absolute atomic E-state index is 9.10. The van der Waals surface area contributed by atoms with Crippen molar-refractivity contribution in [2.75, 3.05) is 6.61 Å². The molecule has 3 heteroatoms. The molecule has 3 aromatic carbocycles. The minimum Gasteiger partial charge on any atom is -0.396 e. The van der Waals surface area contributed by atoms with Crippen LogP contribution in [0.3, 0.4) is 0 Å². The summed E-state index contributed by atoms with van der Waals surface area (Å²) in [6.07, 6.45) is 6.70. The van der Waals surface area contributed by atoms with Gasteiger partial charge in [0.15, 0.2) is 0 Å². The van der Waals surface area contributed by atoms with Crippen LogP contribution in [0, 0.1) is 0 Å². The Balaban J connectivity index is 1.94. The van der Waals surface area contributed by atoms with Crippen LogP contribution in [0.4, 0.5) is 0 Å². The number of aliphatic hydroxyl groups excluding tert-OH is 1. The summed E-state index contributed by atoms with van der Waals surface area (Å²) in [5.41, 5.74) is 4.11. The molecule has 29 heavy (non-hydrogen) atoms. The topological polar surface area (TPSA) is 38.0 Å². The molecule has 1 N–H and O–H groups in total. The van der Waals surface area contributed by atoms with Gasteiger partial charge in [0.25, 0.3) is 0 Å². The van der Waals surface area contributed by atoms with E-state index in [1.54, 1.807) is 0 Å². The van der Waals surface area contributed by atoms with E-state index in [1.807, 2.05) is 6.33 Å². The molecule has 0 aliphatic heterocycles. The van der Waals surface area contributed by atoms with Crippen LogP contribution in [-0.4, -0.2) is 21.3 Å². The molecule has 0 saturated carbocycles. The number of aliphatic hydroxyl groups is 1. The number of nitrogens with zero attached hydrogens (tertiary/aromatic N) is 2. The highest BCUT2D eigenvalue weighted by molar-refractivity contribution is 5.50. The van der Waals surface area contributed by atoms with E-state index < -0.39 is 5.54 Å². The quantitative estimate of drug-likeness (QED) is 0.342. The summed E-state index contributed by atoms with van der Waals surface area (Å²) in [4.78, 5) is 4.71. The second-order valence-electron chi connectivity index (χ2n) is 7.26. The smallest absolute Gasteiger partial charge is 0.121 e. The second kappa shape index (κ2) is 8.89. The Labute approximate surface area is 172 Å². The van der Waals surface area contributed by atoms with Gasteiger partial charge < -0.3 is 9.67 Å². The van der Waals surface area contributed by atoms with Crippen LogP contribution in [0.5, 0.6) is 0 Å². The Bertz CT molecular complexity index is 914. The third-order valence-electron chi connectivity index (χ3n) is 5.44. The van der Waals surface area contributed by atoms with Gasteiger partial charge in [-0.3, -0.25) is 0 Å². The minimum absolute atomic E-state index is 0.225. The second-order valence-corrected chi connectivity index (χ2v) is 7.26. The third kappa shape index (κ3) is 3.74. The van der Waals surface area contributed by atoms with Gasteiger partial charge in [0.1, 0.15) is 5.54 Å². The van der Waals surface area contributed by atoms with Crippen LogP contribution in [0.25, 0.3) is 0 Å². The minimum atomic E-state index is -0.508. The number of rotatable bonds is 8. The standard InChI is InChI=1S/C26H26N2O/c29-19-11-10-18-25-20-28(21-27-25)26(22-12-4-1-5-13-22,23-14-6-2-7-15-23)24-16-8-3-9-17-24/h1-9,12-17,20-21,29H,10-11,18-19H2. The number of aryl methyl sites for hydroxylation is 1. The van der Waals surface area contributed by atoms with Gasteiger partial charge in [0.2, 0.25) is 0 Å². The lowest BCUT2D eigenvalue weighted by Crippen LogP contribution is -2.36. The number of imidazole rings is 1. The predicted octanol–water partition coefficient (Wildman–Crippen LogP) is 5.04. The molecule has 0 saturated heterocycles. The van der Waals surface area contributed by atoms with Gasteiger partial charge in [-0.25, -0.2) is 4.98 Å². The first kappa shape index (κ1) is 19.2. The Morgan fingerprint density at radius 3 is 1.62 bits per heavy atom. The SMILES string of the molecule is OCCCCc1cn(C(c2ccccc2)(c2ccccc2)c2ccccc2)cn1. The van der Waals surface area contributed by atoms with Crippen molar-refractivity contribution in [1.82, 2.24) is 9.55 Å². The van der Waals surface area contributed by atoms with Crippen LogP contribution in [0.2, 0.25) is 0 Å². The molecule has 0 atom stereocenters. The Morgan fingerprint density at radius 2 is 1.17 bits per heavy atom. The van der Waals surface area contributed by atoms with Gasteiger partial charge in [-0.15, -0.1) is 0 Å². The summed E-state index contributed by atoms with van der Waals surface area (Å²) >= 11 is 0. The van der Waals surface area contributed by atoms with E-state index in [-0.39, 0.29) is 6.61 Å². The van der Waals surface area contributed by atoms with Crippen molar-refractivity contribution in [1.29, 1.82) is 0 Å². The molecule has 0 aliphatic rings. The lowest BCUT2D eigenvalue weighted by atomic mass is 9.77. The van der Waals surface area contributed by atoms with Crippen LogP contribution < -0.4 is 0 Å². The van der Waals surface area contributed by atoms with Gasteiger partial charge in [-0.1, -0.05) is 91.0 Å². The molecule has 4 rings (SSSR count). The fourth-order valence-corrected chi connectivity index (χ4v) is 4.08. The molecule has 0 fully saturated rings. The maximum Gasteiger partial charge on any atom is 0.121 e. The highest BCUT2D eigenvalue weighted by Crippen LogP contribution is 2.40. The first-order valence-corrected chi connectivity index (χ1v) is 10.2. The number of benzene rings is 3. The fraction of sp³-hybridized carbons (Fsp3) is 0.192. The summed E-state index contributed by atoms with van der Waals surface area (Å²) in [5.74, 6) is 0. The predicted molar refractivity (Wildman–Crippen MR) is 117 cm³/mol. The summed E-state index contributed by atoms with van der Waals surface area (Å²) in [5, 5.41) is 9.10. The molecule has 0 bridgehead atoms. The van der Waals surface area contributed by atoms with E-state index in [0.29, 0.717) is 0 Å². The molecule has 0 aliphatic carbocycles. The molecule has 4 aromatic rings.